The molecule has 1 heterocycles. The quantitative estimate of drug-likeness (QED) is 0.909. The minimum atomic E-state index is -0.172. The van der Waals surface area contributed by atoms with Gasteiger partial charge in [-0.25, -0.2) is 4.98 Å². The highest BCUT2D eigenvalue weighted by Gasteiger charge is 2.08. The van der Waals surface area contributed by atoms with Crippen LogP contribution in [0.3, 0.4) is 0 Å². The molecule has 0 fully saturated rings. The third-order valence-corrected chi connectivity index (χ3v) is 3.10. The number of hydrogen-bond donors (Lipinski definition) is 2. The lowest BCUT2D eigenvalue weighted by Crippen LogP contribution is -2.23. The highest BCUT2D eigenvalue weighted by atomic mass is 35.5. The molecule has 0 bridgehead atoms. The van der Waals surface area contributed by atoms with Gasteiger partial charge in [0.1, 0.15) is 5.82 Å². The van der Waals surface area contributed by atoms with Crippen molar-refractivity contribution in [3.8, 4) is 0 Å². The Kier molecular flexibility index (Phi) is 4.58. The van der Waals surface area contributed by atoms with Gasteiger partial charge in [-0.1, -0.05) is 30.7 Å². The summed E-state index contributed by atoms with van der Waals surface area (Å²) in [6.07, 6.45) is 0.736. The molecule has 20 heavy (non-hydrogen) atoms. The van der Waals surface area contributed by atoms with Crippen LogP contribution in [0.5, 0.6) is 0 Å². The number of pyridine rings is 1. The summed E-state index contributed by atoms with van der Waals surface area (Å²) in [5.74, 6) is 0.186. The van der Waals surface area contributed by atoms with Gasteiger partial charge < -0.3 is 11.1 Å². The van der Waals surface area contributed by atoms with Gasteiger partial charge in [-0.2, -0.15) is 0 Å². The number of aromatic nitrogens is 1. The molecule has 0 saturated heterocycles. The number of carbonyl (C=O) groups is 1. The highest BCUT2D eigenvalue weighted by Crippen LogP contribution is 2.11. The Balaban J connectivity index is 2.07. The van der Waals surface area contributed by atoms with E-state index in [9.17, 15) is 4.79 Å². The second-order valence-corrected chi connectivity index (χ2v) is 4.87. The number of amides is 1. The first-order valence-corrected chi connectivity index (χ1v) is 6.75. The molecule has 2 aromatic rings. The van der Waals surface area contributed by atoms with Gasteiger partial charge in [0.25, 0.3) is 5.91 Å². The number of benzene rings is 1. The Bertz CT molecular complexity index is 628. The number of nitrogens with one attached hydrogen (secondary N) is 1. The van der Waals surface area contributed by atoms with E-state index < -0.39 is 0 Å². The predicted molar refractivity (Wildman–Crippen MR) is 80.6 cm³/mol. The predicted octanol–water partition coefficient (Wildman–Crippen LogP) is 2.81. The SMILES string of the molecule is CCc1cc(C(=O)NCc2cccc(Cl)c2)cc(N)n1. The van der Waals surface area contributed by atoms with Crippen molar-refractivity contribution in [2.24, 2.45) is 0 Å². The van der Waals surface area contributed by atoms with E-state index in [1.807, 2.05) is 25.1 Å². The van der Waals surface area contributed by atoms with Crippen LogP contribution in [0.15, 0.2) is 36.4 Å². The Hall–Kier alpha value is -2.07. The standard InChI is InChI=1S/C15H16ClN3O/c1-2-13-7-11(8-14(17)19-13)15(20)18-9-10-4-3-5-12(16)6-10/h3-8H,2,9H2,1H3,(H2,17,19)(H,18,20). The Labute approximate surface area is 123 Å². The van der Waals surface area contributed by atoms with Crippen LogP contribution in [-0.2, 0) is 13.0 Å². The van der Waals surface area contributed by atoms with Gasteiger partial charge in [-0.05, 0) is 36.2 Å². The van der Waals surface area contributed by atoms with E-state index in [1.165, 1.54) is 0 Å². The molecule has 4 nitrogen and oxygen atoms in total. The zero-order chi connectivity index (χ0) is 14.5. The molecule has 5 heteroatoms. The number of halogens is 1. The van der Waals surface area contributed by atoms with Crippen molar-refractivity contribution in [3.63, 3.8) is 0 Å². The lowest BCUT2D eigenvalue weighted by Gasteiger charge is -2.07. The molecule has 1 amide bonds. The van der Waals surface area contributed by atoms with Crippen LogP contribution in [0.4, 0.5) is 5.82 Å². The molecule has 0 aliphatic heterocycles. The molecular formula is C15H16ClN3O. The summed E-state index contributed by atoms with van der Waals surface area (Å²) >= 11 is 5.90. The first-order valence-electron chi connectivity index (χ1n) is 6.37. The second-order valence-electron chi connectivity index (χ2n) is 4.44. The van der Waals surface area contributed by atoms with Gasteiger partial charge in [-0.15, -0.1) is 0 Å². The summed E-state index contributed by atoms with van der Waals surface area (Å²) in [5, 5.41) is 3.49. The summed E-state index contributed by atoms with van der Waals surface area (Å²) in [5.41, 5.74) is 7.97. The van der Waals surface area contributed by atoms with Crippen LogP contribution in [0, 0.1) is 0 Å². The number of carbonyl (C=O) groups excluding carboxylic acids is 1. The van der Waals surface area contributed by atoms with Crippen LogP contribution in [0.25, 0.3) is 0 Å². The molecule has 0 aliphatic rings. The van der Waals surface area contributed by atoms with Gasteiger partial charge in [0.15, 0.2) is 0 Å². The van der Waals surface area contributed by atoms with Crippen molar-refractivity contribution < 1.29 is 4.79 Å². The lowest BCUT2D eigenvalue weighted by atomic mass is 10.1. The fourth-order valence-corrected chi connectivity index (χ4v) is 2.07. The maximum Gasteiger partial charge on any atom is 0.251 e. The molecule has 3 N–H and O–H groups in total. The molecule has 0 unspecified atom stereocenters. The molecule has 104 valence electrons. The number of nitrogens with two attached hydrogens (primary N) is 1. The maximum atomic E-state index is 12.1. The monoisotopic (exact) mass is 289 g/mol. The van der Waals surface area contributed by atoms with E-state index in [2.05, 4.69) is 10.3 Å². The van der Waals surface area contributed by atoms with E-state index in [4.69, 9.17) is 17.3 Å². The minimum Gasteiger partial charge on any atom is -0.384 e. The van der Waals surface area contributed by atoms with E-state index in [0.717, 1.165) is 17.7 Å². The van der Waals surface area contributed by atoms with E-state index in [-0.39, 0.29) is 5.91 Å². The summed E-state index contributed by atoms with van der Waals surface area (Å²) < 4.78 is 0. The molecule has 2 rings (SSSR count). The topological polar surface area (TPSA) is 68.0 Å². The summed E-state index contributed by atoms with van der Waals surface area (Å²) in [6.45, 7) is 2.39. The van der Waals surface area contributed by atoms with E-state index >= 15 is 0 Å². The number of hydrogen-bond acceptors (Lipinski definition) is 3. The average Bonchev–Trinajstić information content (AvgIpc) is 2.44. The van der Waals surface area contributed by atoms with Crippen LogP contribution < -0.4 is 11.1 Å². The van der Waals surface area contributed by atoms with Crippen molar-refractivity contribution in [1.29, 1.82) is 0 Å². The largest absolute Gasteiger partial charge is 0.384 e. The first-order chi connectivity index (χ1) is 9.58. The van der Waals surface area contributed by atoms with Gasteiger partial charge in [0.05, 0.1) is 0 Å². The summed E-state index contributed by atoms with van der Waals surface area (Å²) in [6, 6.07) is 10.7. The normalized spacial score (nSPS) is 10.3. The van der Waals surface area contributed by atoms with Gasteiger partial charge >= 0.3 is 0 Å². The third-order valence-electron chi connectivity index (χ3n) is 2.86. The van der Waals surface area contributed by atoms with Crippen molar-refractivity contribution in [2.75, 3.05) is 5.73 Å². The van der Waals surface area contributed by atoms with Crippen LogP contribution >= 0.6 is 11.6 Å². The smallest absolute Gasteiger partial charge is 0.251 e. The third kappa shape index (κ3) is 3.71. The lowest BCUT2D eigenvalue weighted by molar-refractivity contribution is 0.0950. The molecule has 1 aromatic heterocycles. The van der Waals surface area contributed by atoms with Gasteiger partial charge in [0.2, 0.25) is 0 Å². The Morgan fingerprint density at radius 1 is 1.35 bits per heavy atom. The maximum absolute atomic E-state index is 12.1. The van der Waals surface area contributed by atoms with Crippen molar-refractivity contribution in [2.45, 2.75) is 19.9 Å². The highest BCUT2D eigenvalue weighted by molar-refractivity contribution is 6.30. The summed E-state index contributed by atoms with van der Waals surface area (Å²) in [4.78, 5) is 16.2. The second kappa shape index (κ2) is 6.39. The van der Waals surface area contributed by atoms with Crippen LogP contribution in [0.2, 0.25) is 5.02 Å². The van der Waals surface area contributed by atoms with E-state index in [0.29, 0.717) is 22.9 Å². The number of aryl methyl sites for hydroxylation is 1. The molecule has 0 radical (unpaired) electrons. The average molecular weight is 290 g/mol. The van der Waals surface area contributed by atoms with Crippen molar-refractivity contribution in [3.05, 3.63) is 58.2 Å². The number of anilines is 1. The number of nitrogen functional groups attached to an aromatic ring is 1. The van der Waals surface area contributed by atoms with Crippen molar-refractivity contribution in [1.82, 2.24) is 10.3 Å². The molecule has 0 atom stereocenters. The molecule has 0 aliphatic carbocycles. The zero-order valence-electron chi connectivity index (χ0n) is 11.2. The molecule has 0 saturated carbocycles. The minimum absolute atomic E-state index is 0.172. The van der Waals surface area contributed by atoms with Crippen LogP contribution in [-0.4, -0.2) is 10.9 Å². The molecule has 0 spiro atoms. The van der Waals surface area contributed by atoms with Crippen LogP contribution in [0.1, 0.15) is 28.5 Å². The fraction of sp³-hybridized carbons (Fsp3) is 0.200. The fourth-order valence-electron chi connectivity index (χ4n) is 1.85. The van der Waals surface area contributed by atoms with Crippen molar-refractivity contribution >= 4 is 23.3 Å². The van der Waals surface area contributed by atoms with E-state index in [1.54, 1.807) is 18.2 Å². The zero-order valence-corrected chi connectivity index (χ0v) is 11.9. The number of nitrogens with zero attached hydrogens (tertiary/aromatic N) is 1. The van der Waals surface area contributed by atoms with Gasteiger partial charge in [0, 0.05) is 22.8 Å². The Morgan fingerprint density at radius 3 is 2.85 bits per heavy atom. The summed E-state index contributed by atoms with van der Waals surface area (Å²) in [7, 11) is 0. The van der Waals surface area contributed by atoms with Gasteiger partial charge in [-0.3, -0.25) is 4.79 Å². The molecular weight excluding hydrogens is 274 g/mol. The molecule has 1 aromatic carbocycles. The Morgan fingerprint density at radius 2 is 2.15 bits per heavy atom. The number of rotatable bonds is 4. The first kappa shape index (κ1) is 14.3.